The molecule has 0 bridgehead atoms. The van der Waals surface area contributed by atoms with Crippen LogP contribution in [0.15, 0.2) is 36.7 Å². The van der Waals surface area contributed by atoms with Gasteiger partial charge in [-0.2, -0.15) is 0 Å². The molecule has 1 N–H and O–H groups in total. The largest absolute Gasteiger partial charge is 0.494 e. The highest BCUT2D eigenvalue weighted by atomic mass is 19.1. The van der Waals surface area contributed by atoms with Crippen LogP contribution in [0, 0.1) is 5.82 Å². The molecule has 0 saturated carbocycles. The highest BCUT2D eigenvalue weighted by molar-refractivity contribution is 5.30. The smallest absolute Gasteiger partial charge is 0.225 e. The Balaban J connectivity index is 1.48. The van der Waals surface area contributed by atoms with Gasteiger partial charge in [-0.3, -0.25) is 0 Å². The first-order chi connectivity index (χ1) is 11.3. The summed E-state index contributed by atoms with van der Waals surface area (Å²) in [6.07, 6.45) is 5.59. The highest BCUT2D eigenvalue weighted by Gasteiger charge is 2.20. The molecule has 1 aromatic carbocycles. The first-order valence-corrected chi connectivity index (χ1v) is 7.84. The van der Waals surface area contributed by atoms with Crippen molar-refractivity contribution in [2.75, 3.05) is 25.1 Å². The monoisotopic (exact) mass is 316 g/mol. The number of ether oxygens (including phenoxy) is 1. The molecule has 0 radical (unpaired) electrons. The summed E-state index contributed by atoms with van der Waals surface area (Å²) >= 11 is 0. The quantitative estimate of drug-likeness (QED) is 0.918. The molecule has 2 heterocycles. The van der Waals surface area contributed by atoms with Crippen molar-refractivity contribution in [2.24, 2.45) is 0 Å². The summed E-state index contributed by atoms with van der Waals surface area (Å²) in [6.45, 7) is 2.52. The van der Waals surface area contributed by atoms with Crippen LogP contribution in [0.2, 0.25) is 0 Å². The van der Waals surface area contributed by atoms with Gasteiger partial charge >= 0.3 is 0 Å². The molecule has 1 aliphatic heterocycles. The molecule has 2 aromatic rings. The van der Waals surface area contributed by atoms with Gasteiger partial charge in [-0.05, 0) is 36.6 Å². The molecule has 1 aliphatic rings. The number of hydrogen-bond acceptors (Lipinski definition) is 5. The SMILES string of the molecule is COc1ccc(CNC2CCN(c3ncccn3)CC2)cc1F. The first kappa shape index (κ1) is 15.7. The second-order valence-corrected chi connectivity index (χ2v) is 5.66. The van der Waals surface area contributed by atoms with E-state index in [1.165, 1.54) is 13.2 Å². The maximum atomic E-state index is 13.7. The van der Waals surface area contributed by atoms with Crippen LogP contribution < -0.4 is 15.0 Å². The van der Waals surface area contributed by atoms with E-state index in [0.717, 1.165) is 37.4 Å². The Labute approximate surface area is 135 Å². The fourth-order valence-electron chi connectivity index (χ4n) is 2.82. The van der Waals surface area contributed by atoms with Gasteiger partial charge in [0.25, 0.3) is 0 Å². The number of anilines is 1. The summed E-state index contributed by atoms with van der Waals surface area (Å²) in [5.41, 5.74) is 0.928. The Kier molecular flexibility index (Phi) is 5.02. The summed E-state index contributed by atoms with van der Waals surface area (Å²) in [5.74, 6) is 0.760. The van der Waals surface area contributed by atoms with E-state index >= 15 is 0 Å². The fraction of sp³-hybridized carbons (Fsp3) is 0.412. The lowest BCUT2D eigenvalue weighted by Crippen LogP contribution is -2.42. The number of hydrogen-bond donors (Lipinski definition) is 1. The third kappa shape index (κ3) is 3.96. The van der Waals surface area contributed by atoms with Crippen LogP contribution in [-0.4, -0.2) is 36.2 Å². The lowest BCUT2D eigenvalue weighted by molar-refractivity contribution is 0.385. The Hall–Kier alpha value is -2.21. The minimum Gasteiger partial charge on any atom is -0.494 e. The molecule has 1 fully saturated rings. The van der Waals surface area contributed by atoms with Crippen LogP contribution in [0.25, 0.3) is 0 Å². The molecule has 0 aliphatic carbocycles. The lowest BCUT2D eigenvalue weighted by Gasteiger charge is -2.32. The van der Waals surface area contributed by atoms with E-state index in [0.29, 0.717) is 12.6 Å². The van der Waals surface area contributed by atoms with Crippen molar-refractivity contribution in [3.8, 4) is 5.75 Å². The van der Waals surface area contributed by atoms with Gasteiger partial charge in [-0.1, -0.05) is 6.07 Å². The summed E-state index contributed by atoms with van der Waals surface area (Å²) in [7, 11) is 1.47. The molecular weight excluding hydrogens is 295 g/mol. The van der Waals surface area contributed by atoms with Crippen molar-refractivity contribution in [1.29, 1.82) is 0 Å². The van der Waals surface area contributed by atoms with Gasteiger partial charge in [0.2, 0.25) is 5.95 Å². The minimum absolute atomic E-state index is 0.282. The molecule has 6 heteroatoms. The van der Waals surface area contributed by atoms with E-state index in [2.05, 4.69) is 20.2 Å². The van der Waals surface area contributed by atoms with Crippen molar-refractivity contribution in [3.63, 3.8) is 0 Å². The van der Waals surface area contributed by atoms with Gasteiger partial charge in [0.1, 0.15) is 0 Å². The van der Waals surface area contributed by atoms with Gasteiger partial charge in [0.05, 0.1) is 7.11 Å². The molecular formula is C17H21FN4O. The zero-order valence-corrected chi connectivity index (χ0v) is 13.2. The summed E-state index contributed by atoms with van der Waals surface area (Å²) < 4.78 is 18.6. The Morgan fingerprint density at radius 1 is 1.26 bits per heavy atom. The van der Waals surface area contributed by atoms with Crippen LogP contribution in [0.5, 0.6) is 5.75 Å². The Morgan fingerprint density at radius 2 is 2.00 bits per heavy atom. The molecule has 1 saturated heterocycles. The number of rotatable bonds is 5. The van der Waals surface area contributed by atoms with Gasteiger partial charge < -0.3 is 15.0 Å². The predicted octanol–water partition coefficient (Wildman–Crippen LogP) is 2.38. The first-order valence-electron chi connectivity index (χ1n) is 7.84. The topological polar surface area (TPSA) is 50.3 Å². The third-order valence-electron chi connectivity index (χ3n) is 4.14. The standard InChI is InChI=1S/C17H21FN4O/c1-23-16-4-3-13(11-15(16)18)12-21-14-5-9-22(10-6-14)17-19-7-2-8-20-17/h2-4,7-8,11,14,21H,5-6,9-10,12H2,1H3. The molecule has 0 amide bonds. The average molecular weight is 316 g/mol. The van der Waals surface area contributed by atoms with Crippen LogP contribution >= 0.6 is 0 Å². The van der Waals surface area contributed by atoms with Gasteiger partial charge in [0, 0.05) is 38.1 Å². The van der Waals surface area contributed by atoms with E-state index in [1.54, 1.807) is 18.5 Å². The maximum Gasteiger partial charge on any atom is 0.225 e. The van der Waals surface area contributed by atoms with E-state index in [4.69, 9.17) is 4.74 Å². The molecule has 0 unspecified atom stereocenters. The molecule has 23 heavy (non-hydrogen) atoms. The van der Waals surface area contributed by atoms with E-state index in [-0.39, 0.29) is 11.6 Å². The number of piperidine rings is 1. The van der Waals surface area contributed by atoms with E-state index in [1.807, 2.05) is 12.1 Å². The van der Waals surface area contributed by atoms with Crippen LogP contribution in [-0.2, 0) is 6.54 Å². The Morgan fingerprint density at radius 3 is 2.65 bits per heavy atom. The summed E-state index contributed by atoms with van der Waals surface area (Å²) in [6, 6.07) is 7.34. The molecule has 5 nitrogen and oxygen atoms in total. The van der Waals surface area contributed by atoms with Gasteiger partial charge in [-0.25, -0.2) is 14.4 Å². The lowest BCUT2D eigenvalue weighted by atomic mass is 10.0. The van der Waals surface area contributed by atoms with Gasteiger partial charge in [-0.15, -0.1) is 0 Å². The van der Waals surface area contributed by atoms with E-state index < -0.39 is 0 Å². The fourth-order valence-corrected chi connectivity index (χ4v) is 2.82. The second kappa shape index (κ2) is 7.37. The summed E-state index contributed by atoms with van der Waals surface area (Å²) in [4.78, 5) is 10.8. The number of aromatic nitrogens is 2. The predicted molar refractivity (Wildman–Crippen MR) is 87.1 cm³/mol. The number of benzene rings is 1. The van der Waals surface area contributed by atoms with Crippen molar-refractivity contribution >= 4 is 5.95 Å². The second-order valence-electron chi connectivity index (χ2n) is 5.66. The zero-order chi connectivity index (χ0) is 16.1. The van der Waals surface area contributed by atoms with Crippen LogP contribution in [0.1, 0.15) is 18.4 Å². The molecule has 1 aromatic heterocycles. The van der Waals surface area contributed by atoms with Crippen LogP contribution in [0.4, 0.5) is 10.3 Å². The number of methoxy groups -OCH3 is 1. The number of nitrogens with zero attached hydrogens (tertiary/aromatic N) is 3. The normalized spacial score (nSPS) is 15.7. The minimum atomic E-state index is -0.317. The maximum absolute atomic E-state index is 13.7. The van der Waals surface area contributed by atoms with Crippen molar-refractivity contribution in [2.45, 2.75) is 25.4 Å². The van der Waals surface area contributed by atoms with Crippen LogP contribution in [0.3, 0.4) is 0 Å². The zero-order valence-electron chi connectivity index (χ0n) is 13.2. The Bertz CT molecular complexity index is 630. The van der Waals surface area contributed by atoms with Gasteiger partial charge in [0.15, 0.2) is 11.6 Å². The third-order valence-corrected chi connectivity index (χ3v) is 4.14. The summed E-state index contributed by atoms with van der Waals surface area (Å²) in [5, 5.41) is 3.50. The average Bonchev–Trinajstić information content (AvgIpc) is 2.61. The molecule has 0 spiro atoms. The van der Waals surface area contributed by atoms with Crippen molar-refractivity contribution < 1.29 is 9.13 Å². The molecule has 122 valence electrons. The van der Waals surface area contributed by atoms with Crippen molar-refractivity contribution in [1.82, 2.24) is 15.3 Å². The number of halogens is 1. The molecule has 0 atom stereocenters. The number of nitrogens with one attached hydrogen (secondary N) is 1. The highest BCUT2D eigenvalue weighted by Crippen LogP contribution is 2.19. The molecule has 3 rings (SSSR count). The van der Waals surface area contributed by atoms with E-state index in [9.17, 15) is 4.39 Å². The van der Waals surface area contributed by atoms with Crippen molar-refractivity contribution in [3.05, 3.63) is 48.0 Å².